The van der Waals surface area contributed by atoms with Crippen molar-refractivity contribution < 1.29 is 18.3 Å². The standard InChI is InChI=1S/C10H11F2N5O2/c1-4-8(15-16-9(4)19-10(11)12)17-5(2)6(3-14-17)7(13)18/h3,10H,1-2H3,(H2,13,18)(H,15,16). The van der Waals surface area contributed by atoms with Crippen LogP contribution in [-0.4, -0.2) is 32.5 Å². The predicted molar refractivity (Wildman–Crippen MR) is 60.3 cm³/mol. The number of amides is 1. The van der Waals surface area contributed by atoms with Gasteiger partial charge < -0.3 is 10.5 Å². The van der Waals surface area contributed by atoms with Gasteiger partial charge in [0.2, 0.25) is 5.88 Å². The van der Waals surface area contributed by atoms with E-state index in [1.165, 1.54) is 10.9 Å². The second-order valence-electron chi connectivity index (χ2n) is 3.80. The highest BCUT2D eigenvalue weighted by atomic mass is 19.3. The molecule has 0 aromatic carbocycles. The second kappa shape index (κ2) is 4.67. The lowest BCUT2D eigenvalue weighted by atomic mass is 10.2. The number of nitrogens with two attached hydrogens (primary N) is 1. The van der Waals surface area contributed by atoms with Crippen LogP contribution < -0.4 is 10.5 Å². The fraction of sp³-hybridized carbons (Fsp3) is 0.300. The minimum absolute atomic E-state index is 0.152. The van der Waals surface area contributed by atoms with Crippen LogP contribution in [0, 0.1) is 13.8 Å². The molecule has 0 bridgehead atoms. The largest absolute Gasteiger partial charge is 0.417 e. The Hall–Kier alpha value is -2.45. The molecular weight excluding hydrogens is 260 g/mol. The normalized spacial score (nSPS) is 11.0. The zero-order valence-corrected chi connectivity index (χ0v) is 10.1. The molecule has 2 heterocycles. The number of nitrogens with one attached hydrogen (secondary N) is 1. The fourth-order valence-corrected chi connectivity index (χ4v) is 1.65. The maximum absolute atomic E-state index is 12.1. The number of H-pyrrole nitrogens is 1. The molecule has 0 unspecified atom stereocenters. The van der Waals surface area contributed by atoms with Crippen LogP contribution in [0.5, 0.6) is 5.88 Å². The number of aromatic nitrogens is 4. The average molecular weight is 271 g/mol. The minimum atomic E-state index is -2.95. The van der Waals surface area contributed by atoms with Crippen molar-refractivity contribution in [3.8, 4) is 11.7 Å². The van der Waals surface area contributed by atoms with Gasteiger partial charge in [-0.05, 0) is 13.8 Å². The van der Waals surface area contributed by atoms with Crippen molar-refractivity contribution in [3.63, 3.8) is 0 Å². The van der Waals surface area contributed by atoms with Gasteiger partial charge in [-0.2, -0.15) is 19.0 Å². The summed E-state index contributed by atoms with van der Waals surface area (Å²) in [4.78, 5) is 11.1. The smallest absolute Gasteiger partial charge is 0.388 e. The third-order valence-corrected chi connectivity index (χ3v) is 2.62. The maximum atomic E-state index is 12.1. The first-order chi connectivity index (χ1) is 8.91. The molecule has 0 aliphatic rings. The molecule has 0 fully saturated rings. The summed E-state index contributed by atoms with van der Waals surface area (Å²) in [5.41, 5.74) is 6.22. The van der Waals surface area contributed by atoms with Crippen LogP contribution in [0.3, 0.4) is 0 Å². The summed E-state index contributed by atoms with van der Waals surface area (Å²) in [6.45, 7) is 0.211. The van der Waals surface area contributed by atoms with Gasteiger partial charge in [0.25, 0.3) is 5.91 Å². The molecule has 0 saturated carbocycles. The van der Waals surface area contributed by atoms with Crippen molar-refractivity contribution in [2.24, 2.45) is 5.73 Å². The molecule has 0 radical (unpaired) electrons. The van der Waals surface area contributed by atoms with Crippen molar-refractivity contribution in [1.82, 2.24) is 20.0 Å². The van der Waals surface area contributed by atoms with E-state index in [9.17, 15) is 13.6 Å². The lowest BCUT2D eigenvalue weighted by Gasteiger charge is -2.03. The second-order valence-corrected chi connectivity index (χ2v) is 3.80. The van der Waals surface area contributed by atoms with Gasteiger partial charge in [-0.1, -0.05) is 0 Å². The SMILES string of the molecule is Cc1c(-n2ncc(C(N)=O)c2C)n[nH]c1OC(F)F. The number of carbonyl (C=O) groups is 1. The van der Waals surface area contributed by atoms with E-state index in [1.54, 1.807) is 13.8 Å². The number of rotatable bonds is 4. The molecule has 0 atom stereocenters. The lowest BCUT2D eigenvalue weighted by molar-refractivity contribution is -0.0533. The Morgan fingerprint density at radius 2 is 2.21 bits per heavy atom. The average Bonchev–Trinajstić information content (AvgIpc) is 2.84. The van der Waals surface area contributed by atoms with Gasteiger partial charge in [-0.15, -0.1) is 0 Å². The Labute approximate surface area is 106 Å². The molecule has 0 spiro atoms. The summed E-state index contributed by atoms with van der Waals surface area (Å²) in [6.07, 6.45) is 1.29. The fourth-order valence-electron chi connectivity index (χ4n) is 1.65. The Kier molecular flexibility index (Phi) is 3.19. The highest BCUT2D eigenvalue weighted by Gasteiger charge is 2.19. The van der Waals surface area contributed by atoms with Crippen LogP contribution in [0.1, 0.15) is 21.6 Å². The van der Waals surface area contributed by atoms with Crippen molar-refractivity contribution in [1.29, 1.82) is 0 Å². The van der Waals surface area contributed by atoms with Gasteiger partial charge in [0.1, 0.15) is 0 Å². The van der Waals surface area contributed by atoms with Crippen molar-refractivity contribution in [2.75, 3.05) is 0 Å². The minimum Gasteiger partial charge on any atom is -0.417 e. The lowest BCUT2D eigenvalue weighted by Crippen LogP contribution is -2.12. The number of carbonyl (C=O) groups excluding carboxylic acids is 1. The molecule has 19 heavy (non-hydrogen) atoms. The van der Waals surface area contributed by atoms with E-state index in [0.717, 1.165) is 0 Å². The summed E-state index contributed by atoms with van der Waals surface area (Å²) < 4.78 is 29.9. The van der Waals surface area contributed by atoms with Crippen LogP contribution in [0.4, 0.5) is 8.78 Å². The quantitative estimate of drug-likeness (QED) is 0.863. The monoisotopic (exact) mass is 271 g/mol. The van der Waals surface area contributed by atoms with Crippen LogP contribution in [0.2, 0.25) is 0 Å². The zero-order valence-electron chi connectivity index (χ0n) is 10.1. The molecule has 7 nitrogen and oxygen atoms in total. The van der Waals surface area contributed by atoms with E-state index in [4.69, 9.17) is 5.73 Å². The van der Waals surface area contributed by atoms with E-state index < -0.39 is 12.5 Å². The van der Waals surface area contributed by atoms with E-state index in [1.807, 2.05) is 0 Å². The highest BCUT2D eigenvalue weighted by molar-refractivity contribution is 5.93. The Balaban J connectivity index is 2.43. The van der Waals surface area contributed by atoms with Crippen molar-refractivity contribution in [2.45, 2.75) is 20.5 Å². The van der Waals surface area contributed by atoms with E-state index in [-0.39, 0.29) is 17.3 Å². The summed E-state index contributed by atoms with van der Waals surface area (Å²) >= 11 is 0. The van der Waals surface area contributed by atoms with Gasteiger partial charge in [0.15, 0.2) is 5.82 Å². The van der Waals surface area contributed by atoms with Crippen LogP contribution >= 0.6 is 0 Å². The molecule has 0 aliphatic carbocycles. The molecule has 2 aromatic rings. The van der Waals surface area contributed by atoms with Crippen LogP contribution in [0.15, 0.2) is 6.20 Å². The van der Waals surface area contributed by atoms with Crippen LogP contribution in [-0.2, 0) is 0 Å². The third-order valence-electron chi connectivity index (χ3n) is 2.62. The number of primary amides is 1. The predicted octanol–water partition coefficient (Wildman–Crippen LogP) is 0.913. The molecule has 3 N–H and O–H groups in total. The summed E-state index contributed by atoms with van der Waals surface area (Å²) in [5.74, 6) is -0.512. The molecule has 2 aromatic heterocycles. The van der Waals surface area contributed by atoms with Gasteiger partial charge >= 0.3 is 6.61 Å². The van der Waals surface area contributed by atoms with Gasteiger partial charge in [0, 0.05) is 0 Å². The first-order valence-electron chi connectivity index (χ1n) is 5.26. The number of alkyl halides is 2. The highest BCUT2D eigenvalue weighted by Crippen LogP contribution is 2.23. The summed E-state index contributed by atoms with van der Waals surface area (Å²) in [6, 6.07) is 0. The van der Waals surface area contributed by atoms with E-state index >= 15 is 0 Å². The Bertz CT molecular complexity index is 619. The van der Waals surface area contributed by atoms with Gasteiger partial charge in [-0.25, -0.2) is 9.78 Å². The number of hydrogen-bond donors (Lipinski definition) is 2. The van der Waals surface area contributed by atoms with Crippen molar-refractivity contribution >= 4 is 5.91 Å². The Morgan fingerprint density at radius 1 is 1.53 bits per heavy atom. The number of halogens is 2. The topological polar surface area (TPSA) is 98.8 Å². The van der Waals surface area contributed by atoms with Gasteiger partial charge in [0.05, 0.1) is 23.0 Å². The molecule has 1 amide bonds. The molecule has 0 saturated heterocycles. The molecule has 102 valence electrons. The molecule has 0 aliphatic heterocycles. The molecule has 2 rings (SSSR count). The first-order valence-corrected chi connectivity index (χ1v) is 5.26. The third kappa shape index (κ3) is 2.26. The van der Waals surface area contributed by atoms with Crippen LogP contribution in [0.25, 0.3) is 5.82 Å². The molecule has 9 heteroatoms. The van der Waals surface area contributed by atoms with E-state index in [0.29, 0.717) is 11.3 Å². The Morgan fingerprint density at radius 3 is 2.74 bits per heavy atom. The first kappa shape index (κ1) is 13.0. The molecular formula is C10H11F2N5O2. The zero-order chi connectivity index (χ0) is 14.2. The van der Waals surface area contributed by atoms with Crippen molar-refractivity contribution in [3.05, 3.63) is 23.0 Å². The maximum Gasteiger partial charge on any atom is 0.388 e. The number of ether oxygens (including phenoxy) is 1. The summed E-state index contributed by atoms with van der Waals surface area (Å²) in [7, 11) is 0. The van der Waals surface area contributed by atoms with E-state index in [2.05, 4.69) is 20.0 Å². The number of nitrogens with zero attached hydrogens (tertiary/aromatic N) is 3. The van der Waals surface area contributed by atoms with Gasteiger partial charge in [-0.3, -0.25) is 4.79 Å². The summed E-state index contributed by atoms with van der Waals surface area (Å²) in [5, 5.41) is 10.1. The number of aromatic amines is 1. The number of hydrogen-bond acceptors (Lipinski definition) is 4.